The highest BCUT2D eigenvalue weighted by Gasteiger charge is 2.41. The van der Waals surface area contributed by atoms with Gasteiger partial charge in [0.1, 0.15) is 0 Å². The van der Waals surface area contributed by atoms with Crippen molar-refractivity contribution in [2.45, 2.75) is 25.9 Å². The lowest BCUT2D eigenvalue weighted by Gasteiger charge is -2.29. The zero-order valence-corrected chi connectivity index (χ0v) is 18.8. The predicted molar refractivity (Wildman–Crippen MR) is 122 cm³/mol. The molecule has 6 nitrogen and oxygen atoms in total. The van der Waals surface area contributed by atoms with E-state index < -0.39 is 0 Å². The minimum Gasteiger partial charge on any atom is -0.352 e. The molecule has 152 valence electrons. The van der Waals surface area contributed by atoms with Gasteiger partial charge in [-0.05, 0) is 63.9 Å². The van der Waals surface area contributed by atoms with Gasteiger partial charge in [-0.15, -0.1) is 11.3 Å². The van der Waals surface area contributed by atoms with Gasteiger partial charge in [-0.3, -0.25) is 9.55 Å². The van der Waals surface area contributed by atoms with E-state index in [-0.39, 0.29) is 12.1 Å². The maximum Gasteiger partial charge on any atom is 0.193 e. The second-order valence-electron chi connectivity index (χ2n) is 7.60. The lowest BCUT2D eigenvalue weighted by Crippen LogP contribution is -2.35. The van der Waals surface area contributed by atoms with Gasteiger partial charge in [0, 0.05) is 42.3 Å². The maximum atomic E-state index is 5.76. The van der Waals surface area contributed by atoms with Gasteiger partial charge in [-0.1, -0.05) is 6.07 Å². The van der Waals surface area contributed by atoms with Crippen LogP contribution in [0.4, 0.5) is 0 Å². The Morgan fingerprint density at radius 2 is 2.03 bits per heavy atom. The first-order valence-corrected chi connectivity index (χ1v) is 11.0. The lowest BCUT2D eigenvalue weighted by atomic mass is 9.97. The summed E-state index contributed by atoms with van der Waals surface area (Å²) in [6, 6.07) is 8.42. The number of thiocarbonyl (C=S) groups is 1. The van der Waals surface area contributed by atoms with Gasteiger partial charge in [0.25, 0.3) is 0 Å². The Kier molecular flexibility index (Phi) is 5.67. The first kappa shape index (κ1) is 20.0. The number of likely N-dealkylation sites (N-methyl/N-ethyl adjacent to an activating group) is 1. The van der Waals surface area contributed by atoms with Crippen LogP contribution in [-0.4, -0.2) is 56.6 Å². The van der Waals surface area contributed by atoms with Gasteiger partial charge in [0.15, 0.2) is 10.2 Å². The topological polar surface area (TPSA) is 49.2 Å². The standard InChI is InChI=1S/C21H26N6S2/c1-14-13-16(15(2)27(14)21-23-9-12-29-21)19-18(17-7-5-6-8-22-17)24-20(28)26(19)11-10-25(3)4/h5-9,12-13,18-19H,10-11H2,1-4H3,(H,24,28)/t18-,19-/m1/s1. The second kappa shape index (κ2) is 8.22. The first-order valence-electron chi connectivity index (χ1n) is 9.69. The zero-order valence-electron chi connectivity index (χ0n) is 17.2. The Labute approximate surface area is 181 Å². The number of pyridine rings is 1. The molecular formula is C21H26N6S2. The molecule has 0 radical (unpaired) electrons. The lowest BCUT2D eigenvalue weighted by molar-refractivity contribution is 0.277. The molecule has 2 atom stereocenters. The predicted octanol–water partition coefficient (Wildman–Crippen LogP) is 3.48. The van der Waals surface area contributed by atoms with Gasteiger partial charge >= 0.3 is 0 Å². The van der Waals surface area contributed by atoms with E-state index in [1.807, 2.05) is 29.9 Å². The molecule has 1 saturated heterocycles. The van der Waals surface area contributed by atoms with Crippen LogP contribution in [0.25, 0.3) is 5.13 Å². The van der Waals surface area contributed by atoms with Crippen LogP contribution < -0.4 is 5.32 Å². The van der Waals surface area contributed by atoms with Gasteiger partial charge in [-0.25, -0.2) is 4.98 Å². The monoisotopic (exact) mass is 426 g/mol. The molecular weight excluding hydrogens is 400 g/mol. The van der Waals surface area contributed by atoms with Crippen molar-refractivity contribution >= 4 is 28.7 Å². The molecule has 3 aromatic rings. The summed E-state index contributed by atoms with van der Waals surface area (Å²) < 4.78 is 2.24. The first-order chi connectivity index (χ1) is 14.0. The van der Waals surface area contributed by atoms with E-state index >= 15 is 0 Å². The number of aromatic nitrogens is 3. The molecule has 1 aliphatic heterocycles. The number of nitrogens with one attached hydrogen (secondary N) is 1. The molecule has 3 aromatic heterocycles. The Morgan fingerprint density at radius 3 is 2.69 bits per heavy atom. The van der Waals surface area contributed by atoms with E-state index in [2.05, 4.69) is 69.7 Å². The number of thiazole rings is 1. The number of nitrogens with zero attached hydrogens (tertiary/aromatic N) is 5. The molecule has 29 heavy (non-hydrogen) atoms. The molecule has 0 saturated carbocycles. The third-order valence-electron chi connectivity index (χ3n) is 5.39. The summed E-state index contributed by atoms with van der Waals surface area (Å²) in [6.07, 6.45) is 3.70. The van der Waals surface area contributed by atoms with Crippen LogP contribution in [0.15, 0.2) is 42.0 Å². The molecule has 1 aliphatic rings. The van der Waals surface area contributed by atoms with Crippen molar-refractivity contribution in [2.24, 2.45) is 0 Å². The summed E-state index contributed by atoms with van der Waals surface area (Å²) in [4.78, 5) is 13.7. The highest BCUT2D eigenvalue weighted by Crippen LogP contribution is 2.41. The van der Waals surface area contributed by atoms with Crippen molar-refractivity contribution in [3.8, 4) is 5.13 Å². The highest BCUT2D eigenvalue weighted by molar-refractivity contribution is 7.80. The molecule has 0 aliphatic carbocycles. The van der Waals surface area contributed by atoms with Crippen molar-refractivity contribution in [1.82, 2.24) is 29.7 Å². The molecule has 0 aromatic carbocycles. The van der Waals surface area contributed by atoms with Gasteiger partial charge in [-0.2, -0.15) is 0 Å². The average molecular weight is 427 g/mol. The van der Waals surface area contributed by atoms with Crippen molar-refractivity contribution in [2.75, 3.05) is 27.2 Å². The van der Waals surface area contributed by atoms with Gasteiger partial charge in [0.05, 0.1) is 17.8 Å². The zero-order chi connectivity index (χ0) is 20.5. The Bertz CT molecular complexity index is 980. The molecule has 8 heteroatoms. The third kappa shape index (κ3) is 3.80. The van der Waals surface area contributed by atoms with Crippen LogP contribution in [0.1, 0.15) is 34.7 Å². The number of hydrogen-bond acceptors (Lipinski definition) is 5. The Hall–Kier alpha value is -2.29. The average Bonchev–Trinajstić information content (AvgIpc) is 3.39. The molecule has 0 unspecified atom stereocenters. The van der Waals surface area contributed by atoms with E-state index in [9.17, 15) is 0 Å². The summed E-state index contributed by atoms with van der Waals surface area (Å²) >= 11 is 7.41. The van der Waals surface area contributed by atoms with E-state index in [0.717, 1.165) is 29.0 Å². The molecule has 1 N–H and O–H groups in total. The van der Waals surface area contributed by atoms with Gasteiger partial charge < -0.3 is 15.1 Å². The van der Waals surface area contributed by atoms with E-state index in [1.54, 1.807) is 11.3 Å². The summed E-state index contributed by atoms with van der Waals surface area (Å²) in [7, 11) is 4.18. The normalized spacial score (nSPS) is 19.2. The summed E-state index contributed by atoms with van der Waals surface area (Å²) in [5.74, 6) is 0. The minimum atomic E-state index is 0.0103. The van der Waals surface area contributed by atoms with Crippen LogP contribution in [-0.2, 0) is 0 Å². The van der Waals surface area contributed by atoms with Crippen molar-refractivity contribution in [3.63, 3.8) is 0 Å². The van der Waals surface area contributed by atoms with E-state index in [4.69, 9.17) is 12.2 Å². The Balaban J connectivity index is 1.79. The third-order valence-corrected chi connectivity index (χ3v) is 6.49. The number of aryl methyl sites for hydroxylation is 1. The fraction of sp³-hybridized carbons (Fsp3) is 0.381. The molecule has 0 spiro atoms. The summed E-state index contributed by atoms with van der Waals surface area (Å²) in [5.41, 5.74) is 4.65. The van der Waals surface area contributed by atoms with E-state index in [0.29, 0.717) is 0 Å². The molecule has 0 amide bonds. The van der Waals surface area contributed by atoms with Crippen LogP contribution in [0.2, 0.25) is 0 Å². The highest BCUT2D eigenvalue weighted by atomic mass is 32.1. The maximum absolute atomic E-state index is 5.76. The largest absolute Gasteiger partial charge is 0.352 e. The fourth-order valence-corrected chi connectivity index (χ4v) is 5.08. The van der Waals surface area contributed by atoms with Crippen LogP contribution >= 0.6 is 23.6 Å². The molecule has 0 bridgehead atoms. The quantitative estimate of drug-likeness (QED) is 0.609. The molecule has 4 heterocycles. The SMILES string of the molecule is Cc1cc([C@@H]2[C@@H](c3ccccn3)NC(=S)N2CCN(C)C)c(C)n1-c1nccs1. The van der Waals surface area contributed by atoms with Crippen LogP contribution in [0.3, 0.4) is 0 Å². The molecule has 1 fully saturated rings. The summed E-state index contributed by atoms with van der Waals surface area (Å²) in [6.45, 7) is 6.09. The fourth-order valence-electron chi connectivity index (χ4n) is 4.00. The number of rotatable bonds is 6. The van der Waals surface area contributed by atoms with Crippen molar-refractivity contribution in [1.29, 1.82) is 0 Å². The van der Waals surface area contributed by atoms with Crippen LogP contribution in [0.5, 0.6) is 0 Å². The van der Waals surface area contributed by atoms with Gasteiger partial charge in [0.2, 0.25) is 0 Å². The molecule has 4 rings (SSSR count). The minimum absolute atomic E-state index is 0.0103. The van der Waals surface area contributed by atoms with E-state index in [1.165, 1.54) is 17.0 Å². The van der Waals surface area contributed by atoms with Crippen molar-refractivity contribution in [3.05, 3.63) is 64.7 Å². The second-order valence-corrected chi connectivity index (χ2v) is 8.86. The van der Waals surface area contributed by atoms with Crippen LogP contribution in [0, 0.1) is 13.8 Å². The number of hydrogen-bond donors (Lipinski definition) is 1. The summed E-state index contributed by atoms with van der Waals surface area (Å²) in [5, 5.41) is 7.33. The smallest absolute Gasteiger partial charge is 0.193 e. The Morgan fingerprint density at radius 1 is 1.21 bits per heavy atom. The van der Waals surface area contributed by atoms with Crippen molar-refractivity contribution < 1.29 is 0 Å².